The molecule has 1 aliphatic carbocycles. The number of hydrogen-bond acceptors (Lipinski definition) is 1. The Morgan fingerprint density at radius 2 is 2.00 bits per heavy atom. The highest BCUT2D eigenvalue weighted by molar-refractivity contribution is 5.20. The molecule has 0 heterocycles. The molecular formula is C20H30O. The van der Waals surface area contributed by atoms with Gasteiger partial charge in [-0.15, -0.1) is 0 Å². The third-order valence-corrected chi connectivity index (χ3v) is 4.58. The molecule has 1 nitrogen and oxygen atoms in total. The summed E-state index contributed by atoms with van der Waals surface area (Å²) >= 11 is 0. The van der Waals surface area contributed by atoms with E-state index in [1.54, 1.807) is 5.57 Å². The first-order chi connectivity index (χ1) is 10.3. The smallest absolute Gasteiger partial charge is 0.119 e. The van der Waals surface area contributed by atoms with E-state index in [0.29, 0.717) is 0 Å². The van der Waals surface area contributed by atoms with Gasteiger partial charge in [0, 0.05) is 0 Å². The fraction of sp³-hybridized carbons (Fsp3) is 0.600. The largest absolute Gasteiger partial charge is 0.494 e. The van der Waals surface area contributed by atoms with Gasteiger partial charge in [0.15, 0.2) is 0 Å². The summed E-state index contributed by atoms with van der Waals surface area (Å²) in [5, 5.41) is 0. The quantitative estimate of drug-likeness (QED) is 0.420. The van der Waals surface area contributed by atoms with Gasteiger partial charge in [0.2, 0.25) is 0 Å². The maximum atomic E-state index is 5.82. The van der Waals surface area contributed by atoms with Crippen molar-refractivity contribution >= 4 is 0 Å². The molecule has 0 fully saturated rings. The van der Waals surface area contributed by atoms with Gasteiger partial charge in [-0.05, 0) is 62.5 Å². The van der Waals surface area contributed by atoms with Gasteiger partial charge < -0.3 is 4.74 Å². The molecule has 2 rings (SSSR count). The van der Waals surface area contributed by atoms with E-state index < -0.39 is 0 Å². The Kier molecular flexibility index (Phi) is 6.85. The van der Waals surface area contributed by atoms with Gasteiger partial charge in [-0.25, -0.2) is 0 Å². The number of hydrogen-bond donors (Lipinski definition) is 0. The molecule has 116 valence electrons. The molecule has 0 spiro atoms. The molecule has 0 saturated heterocycles. The lowest BCUT2D eigenvalue weighted by molar-refractivity contribution is 0.292. The maximum Gasteiger partial charge on any atom is 0.119 e. The predicted molar refractivity (Wildman–Crippen MR) is 90.7 cm³/mol. The second-order valence-electron chi connectivity index (χ2n) is 6.45. The van der Waals surface area contributed by atoms with Crippen molar-refractivity contribution in [2.75, 3.05) is 6.61 Å². The topological polar surface area (TPSA) is 9.23 Å². The van der Waals surface area contributed by atoms with Crippen LogP contribution in [0.1, 0.15) is 58.8 Å². The first-order valence-electron chi connectivity index (χ1n) is 8.66. The van der Waals surface area contributed by atoms with Crippen molar-refractivity contribution in [3.63, 3.8) is 0 Å². The molecule has 0 aliphatic heterocycles. The van der Waals surface area contributed by atoms with Crippen molar-refractivity contribution in [2.24, 2.45) is 11.8 Å². The summed E-state index contributed by atoms with van der Waals surface area (Å²) in [6.45, 7) is 5.52. The standard InChI is InChI=1S/C20H30O/c1-3-8-18(19-14-12-17(2)13-15-19)9-7-16-21-20-10-5-4-6-11-20/h4-6,10-11,14,17-18H,3,7-9,12-13,15-16H2,1-2H3. The molecule has 1 aromatic rings. The van der Waals surface area contributed by atoms with Crippen LogP contribution in [0.5, 0.6) is 5.75 Å². The number of benzene rings is 1. The van der Waals surface area contributed by atoms with Gasteiger partial charge in [0.1, 0.15) is 5.75 Å². The maximum absolute atomic E-state index is 5.82. The Hall–Kier alpha value is -1.24. The van der Waals surface area contributed by atoms with E-state index in [-0.39, 0.29) is 0 Å². The molecule has 1 aromatic carbocycles. The third-order valence-electron chi connectivity index (χ3n) is 4.58. The molecular weight excluding hydrogens is 256 g/mol. The van der Waals surface area contributed by atoms with Crippen LogP contribution < -0.4 is 4.74 Å². The van der Waals surface area contributed by atoms with Gasteiger partial charge in [-0.2, -0.15) is 0 Å². The molecule has 0 aromatic heterocycles. The van der Waals surface area contributed by atoms with Gasteiger partial charge in [0.05, 0.1) is 6.61 Å². The van der Waals surface area contributed by atoms with Crippen molar-refractivity contribution in [1.29, 1.82) is 0 Å². The summed E-state index contributed by atoms with van der Waals surface area (Å²) in [6, 6.07) is 10.2. The lowest BCUT2D eigenvalue weighted by Crippen LogP contribution is -2.12. The zero-order valence-corrected chi connectivity index (χ0v) is 13.7. The lowest BCUT2D eigenvalue weighted by Gasteiger charge is -2.25. The second kappa shape index (κ2) is 8.92. The monoisotopic (exact) mass is 286 g/mol. The fourth-order valence-corrected chi connectivity index (χ4v) is 3.26. The van der Waals surface area contributed by atoms with Crippen LogP contribution >= 0.6 is 0 Å². The highest BCUT2D eigenvalue weighted by atomic mass is 16.5. The third kappa shape index (κ3) is 5.57. The number of rotatable bonds is 8. The minimum Gasteiger partial charge on any atom is -0.494 e. The minimum absolute atomic E-state index is 0.793. The van der Waals surface area contributed by atoms with Crippen LogP contribution in [0.3, 0.4) is 0 Å². The number of allylic oxidation sites excluding steroid dienone is 2. The zero-order chi connectivity index (χ0) is 14.9. The minimum atomic E-state index is 0.793. The molecule has 2 atom stereocenters. The Morgan fingerprint density at radius 3 is 2.67 bits per heavy atom. The summed E-state index contributed by atoms with van der Waals surface area (Å²) in [5.74, 6) is 2.68. The molecule has 1 aliphatic rings. The first kappa shape index (κ1) is 16.1. The van der Waals surface area contributed by atoms with E-state index in [2.05, 4.69) is 19.9 Å². The molecule has 0 amide bonds. The van der Waals surface area contributed by atoms with Gasteiger partial charge in [0.25, 0.3) is 0 Å². The van der Waals surface area contributed by atoms with Crippen LogP contribution in [0.15, 0.2) is 42.0 Å². The molecule has 0 bridgehead atoms. The molecule has 2 unspecified atom stereocenters. The molecule has 21 heavy (non-hydrogen) atoms. The summed E-state index contributed by atoms with van der Waals surface area (Å²) in [4.78, 5) is 0. The summed E-state index contributed by atoms with van der Waals surface area (Å²) in [6.07, 6.45) is 11.6. The molecule has 0 saturated carbocycles. The highest BCUT2D eigenvalue weighted by Crippen LogP contribution is 2.32. The lowest BCUT2D eigenvalue weighted by atomic mass is 9.81. The van der Waals surface area contributed by atoms with Crippen LogP contribution in [0.25, 0.3) is 0 Å². The number of para-hydroxylation sites is 1. The fourth-order valence-electron chi connectivity index (χ4n) is 3.26. The van der Waals surface area contributed by atoms with Crippen molar-refractivity contribution in [3.05, 3.63) is 42.0 Å². The average molecular weight is 286 g/mol. The van der Waals surface area contributed by atoms with Crippen LogP contribution in [-0.4, -0.2) is 6.61 Å². The van der Waals surface area contributed by atoms with E-state index in [0.717, 1.165) is 30.6 Å². The van der Waals surface area contributed by atoms with E-state index in [4.69, 9.17) is 4.74 Å². The van der Waals surface area contributed by atoms with Crippen LogP contribution in [-0.2, 0) is 0 Å². The molecule has 0 radical (unpaired) electrons. The Bertz CT molecular complexity index is 421. The normalized spacial score (nSPS) is 19.9. The highest BCUT2D eigenvalue weighted by Gasteiger charge is 2.17. The van der Waals surface area contributed by atoms with Crippen molar-refractivity contribution in [3.8, 4) is 5.75 Å². The van der Waals surface area contributed by atoms with Gasteiger partial charge >= 0.3 is 0 Å². The van der Waals surface area contributed by atoms with E-state index in [9.17, 15) is 0 Å². The van der Waals surface area contributed by atoms with Gasteiger partial charge in [-0.1, -0.05) is 50.1 Å². The van der Waals surface area contributed by atoms with E-state index in [1.807, 2.05) is 30.3 Å². The Balaban J connectivity index is 1.75. The number of ether oxygens (including phenoxy) is 1. The van der Waals surface area contributed by atoms with E-state index >= 15 is 0 Å². The van der Waals surface area contributed by atoms with Crippen LogP contribution in [0.2, 0.25) is 0 Å². The average Bonchev–Trinajstić information content (AvgIpc) is 2.52. The molecule has 0 N–H and O–H groups in total. The Morgan fingerprint density at radius 1 is 1.19 bits per heavy atom. The SMILES string of the molecule is CCCC(CCCOc1ccccc1)C1=CCC(C)CC1. The van der Waals surface area contributed by atoms with Crippen LogP contribution in [0.4, 0.5) is 0 Å². The van der Waals surface area contributed by atoms with Crippen molar-refractivity contribution in [2.45, 2.75) is 58.8 Å². The first-order valence-corrected chi connectivity index (χ1v) is 8.66. The van der Waals surface area contributed by atoms with E-state index in [1.165, 1.54) is 38.5 Å². The summed E-state index contributed by atoms with van der Waals surface area (Å²) in [7, 11) is 0. The summed E-state index contributed by atoms with van der Waals surface area (Å²) < 4.78 is 5.82. The van der Waals surface area contributed by atoms with Crippen molar-refractivity contribution in [1.82, 2.24) is 0 Å². The summed E-state index contributed by atoms with van der Waals surface area (Å²) in [5.41, 5.74) is 1.73. The second-order valence-corrected chi connectivity index (χ2v) is 6.45. The molecule has 1 heteroatoms. The predicted octanol–water partition coefficient (Wildman–Crippen LogP) is 6.01. The van der Waals surface area contributed by atoms with Gasteiger partial charge in [-0.3, -0.25) is 0 Å². The van der Waals surface area contributed by atoms with Crippen molar-refractivity contribution < 1.29 is 4.74 Å². The zero-order valence-electron chi connectivity index (χ0n) is 13.7. The van der Waals surface area contributed by atoms with Crippen LogP contribution in [0, 0.1) is 11.8 Å². The Labute approximate surface area is 130 Å².